The van der Waals surface area contributed by atoms with E-state index in [-0.39, 0.29) is 17.4 Å². The number of carbonyl (C=O) groups is 1. The van der Waals surface area contributed by atoms with E-state index in [9.17, 15) is 13.2 Å². The smallest absolute Gasteiger partial charge is 0.255 e. The summed E-state index contributed by atoms with van der Waals surface area (Å²) >= 11 is 0. The summed E-state index contributed by atoms with van der Waals surface area (Å²) in [5.74, 6) is 0.778. The topological polar surface area (TPSA) is 99.5 Å². The number of hydrogen-bond acceptors (Lipinski definition) is 6. The molecule has 31 heavy (non-hydrogen) atoms. The molecule has 0 saturated carbocycles. The van der Waals surface area contributed by atoms with E-state index < -0.39 is 15.9 Å². The van der Waals surface area contributed by atoms with Crippen LogP contribution in [0.2, 0.25) is 0 Å². The molecule has 1 amide bonds. The van der Waals surface area contributed by atoms with Crippen LogP contribution in [0.25, 0.3) is 16.9 Å². The average Bonchev–Trinajstić information content (AvgIpc) is 3.37. The third kappa shape index (κ3) is 4.41. The molecular weight excluding hydrogens is 418 g/mol. The number of hydrogen-bond donors (Lipinski definition) is 1. The van der Waals surface area contributed by atoms with Crippen LogP contribution >= 0.6 is 0 Å². The highest BCUT2D eigenvalue weighted by atomic mass is 32.2. The minimum Gasteiger partial charge on any atom is -0.497 e. The van der Waals surface area contributed by atoms with Gasteiger partial charge < -0.3 is 14.8 Å². The number of rotatable bonds is 6. The van der Waals surface area contributed by atoms with E-state index in [1.807, 2.05) is 30.3 Å². The maximum atomic E-state index is 13.2. The van der Waals surface area contributed by atoms with E-state index in [0.29, 0.717) is 34.7 Å². The van der Waals surface area contributed by atoms with Crippen molar-refractivity contribution in [2.45, 2.75) is 12.5 Å². The lowest BCUT2D eigenvalue weighted by molar-refractivity contribution is 0.0941. The molecule has 8 nitrogen and oxygen atoms in total. The van der Waals surface area contributed by atoms with Crippen LogP contribution in [0.4, 0.5) is 0 Å². The van der Waals surface area contributed by atoms with Crippen LogP contribution in [0.1, 0.15) is 16.8 Å². The summed E-state index contributed by atoms with van der Waals surface area (Å²) in [4.78, 5) is 13.2. The second-order valence-corrected chi connectivity index (χ2v) is 9.54. The molecule has 3 aromatic rings. The molecule has 1 saturated heterocycles. The number of benzene rings is 2. The molecule has 1 atom stereocenters. The molecule has 1 aliphatic rings. The fraction of sp³-hybridized carbons (Fsp3) is 0.273. The van der Waals surface area contributed by atoms with E-state index in [1.54, 1.807) is 43.3 Å². The Morgan fingerprint density at radius 1 is 1.13 bits per heavy atom. The first-order valence-electron chi connectivity index (χ1n) is 9.79. The Balaban J connectivity index is 1.79. The van der Waals surface area contributed by atoms with Gasteiger partial charge in [-0.05, 0) is 36.8 Å². The molecule has 0 bridgehead atoms. The molecule has 1 N–H and O–H groups in total. The van der Waals surface area contributed by atoms with Crippen LogP contribution in [0.15, 0.2) is 54.7 Å². The molecule has 1 fully saturated rings. The van der Waals surface area contributed by atoms with Crippen molar-refractivity contribution in [1.29, 1.82) is 0 Å². The number of amides is 1. The van der Waals surface area contributed by atoms with Crippen molar-refractivity contribution in [2.75, 3.05) is 25.7 Å². The number of para-hydroxylation sites is 1. The number of ether oxygens (including phenoxy) is 2. The molecule has 2 aromatic carbocycles. The second-order valence-electron chi connectivity index (χ2n) is 7.31. The Morgan fingerprint density at radius 2 is 1.90 bits per heavy atom. The number of carbonyl (C=O) groups excluding carboxylic acids is 1. The zero-order chi connectivity index (χ0) is 22.0. The van der Waals surface area contributed by atoms with Crippen molar-refractivity contribution in [2.24, 2.45) is 0 Å². The zero-order valence-electron chi connectivity index (χ0n) is 17.2. The van der Waals surface area contributed by atoms with E-state index in [1.165, 1.54) is 0 Å². The lowest BCUT2D eigenvalue weighted by atomic mass is 10.1. The van der Waals surface area contributed by atoms with Gasteiger partial charge in [-0.2, -0.15) is 5.10 Å². The van der Waals surface area contributed by atoms with Gasteiger partial charge in [0.2, 0.25) is 0 Å². The number of aromatic nitrogens is 2. The first-order valence-corrected chi connectivity index (χ1v) is 11.6. The summed E-state index contributed by atoms with van der Waals surface area (Å²) in [5.41, 5.74) is 2.12. The van der Waals surface area contributed by atoms with Crippen molar-refractivity contribution in [3.8, 4) is 28.4 Å². The monoisotopic (exact) mass is 441 g/mol. The molecule has 9 heteroatoms. The Morgan fingerprint density at radius 3 is 2.55 bits per heavy atom. The van der Waals surface area contributed by atoms with Gasteiger partial charge in [-0.3, -0.25) is 4.79 Å². The summed E-state index contributed by atoms with van der Waals surface area (Å²) in [6.07, 6.45) is 2.04. The first kappa shape index (κ1) is 20.9. The predicted octanol–water partition coefficient (Wildman–Crippen LogP) is 2.47. The number of sulfone groups is 1. The molecule has 4 rings (SSSR count). The van der Waals surface area contributed by atoms with E-state index in [0.717, 1.165) is 5.69 Å². The van der Waals surface area contributed by atoms with Gasteiger partial charge in [0.1, 0.15) is 17.2 Å². The van der Waals surface area contributed by atoms with E-state index >= 15 is 0 Å². The van der Waals surface area contributed by atoms with Crippen LogP contribution in [0.5, 0.6) is 11.5 Å². The lowest BCUT2D eigenvalue weighted by Crippen LogP contribution is -2.35. The number of nitrogens with zero attached hydrogens (tertiary/aromatic N) is 2. The first-order chi connectivity index (χ1) is 14.9. The van der Waals surface area contributed by atoms with Crippen molar-refractivity contribution in [3.05, 3.63) is 60.3 Å². The van der Waals surface area contributed by atoms with Gasteiger partial charge in [0, 0.05) is 17.8 Å². The molecule has 0 radical (unpaired) electrons. The quantitative estimate of drug-likeness (QED) is 0.631. The SMILES string of the molecule is COc1ccc(OC)c(-c2nn(-c3ccccc3)cc2C(=O)N[C@@H]2CCS(=O)(=O)C2)c1. The molecule has 0 aliphatic carbocycles. The van der Waals surface area contributed by atoms with Crippen LogP contribution in [-0.2, 0) is 9.84 Å². The third-order valence-electron chi connectivity index (χ3n) is 5.21. The molecule has 1 aromatic heterocycles. The Bertz CT molecular complexity index is 1210. The zero-order valence-corrected chi connectivity index (χ0v) is 18.1. The van der Waals surface area contributed by atoms with Crippen LogP contribution in [0.3, 0.4) is 0 Å². The standard InChI is InChI=1S/C22H23N3O5S/c1-29-17-8-9-20(30-2)18(12-17)21-19(13-25(24-21)16-6-4-3-5-7-16)22(26)23-15-10-11-31(27,28)14-15/h3-9,12-13,15H,10-11,14H2,1-2H3,(H,23,26)/t15-/m1/s1. The van der Waals surface area contributed by atoms with Crippen LogP contribution in [0, 0.1) is 0 Å². The Labute approximate surface area is 180 Å². The van der Waals surface area contributed by atoms with Gasteiger partial charge in [-0.25, -0.2) is 13.1 Å². The molecule has 0 spiro atoms. The third-order valence-corrected chi connectivity index (χ3v) is 6.98. The molecule has 1 aliphatic heterocycles. The maximum absolute atomic E-state index is 13.2. The van der Waals surface area contributed by atoms with Gasteiger partial charge in [0.05, 0.1) is 37.0 Å². The number of nitrogens with one attached hydrogen (secondary N) is 1. The summed E-state index contributed by atoms with van der Waals surface area (Å²) < 4.78 is 36.0. The highest BCUT2D eigenvalue weighted by Gasteiger charge is 2.31. The Hall–Kier alpha value is -3.33. The van der Waals surface area contributed by atoms with Gasteiger partial charge in [-0.15, -0.1) is 0 Å². The fourth-order valence-electron chi connectivity index (χ4n) is 3.62. The average molecular weight is 442 g/mol. The molecular formula is C22H23N3O5S. The Kier molecular flexibility index (Phi) is 5.69. The van der Waals surface area contributed by atoms with Crippen LogP contribution in [-0.4, -0.2) is 55.9 Å². The minimum absolute atomic E-state index is 0.0522. The van der Waals surface area contributed by atoms with Crippen molar-refractivity contribution in [1.82, 2.24) is 15.1 Å². The predicted molar refractivity (Wildman–Crippen MR) is 117 cm³/mol. The van der Waals surface area contributed by atoms with Crippen molar-refractivity contribution >= 4 is 15.7 Å². The summed E-state index contributed by atoms with van der Waals surface area (Å²) in [7, 11) is -0.0130. The van der Waals surface area contributed by atoms with Crippen LogP contribution < -0.4 is 14.8 Å². The molecule has 162 valence electrons. The van der Waals surface area contributed by atoms with Gasteiger partial charge in [0.25, 0.3) is 5.91 Å². The second kappa shape index (κ2) is 8.43. The molecule has 0 unspecified atom stereocenters. The normalized spacial score (nSPS) is 17.3. The van der Waals surface area contributed by atoms with Crippen molar-refractivity contribution in [3.63, 3.8) is 0 Å². The summed E-state index contributed by atoms with van der Waals surface area (Å²) in [5, 5.41) is 7.51. The van der Waals surface area contributed by atoms with Gasteiger partial charge >= 0.3 is 0 Å². The lowest BCUT2D eigenvalue weighted by Gasteiger charge is -2.12. The van der Waals surface area contributed by atoms with Crippen molar-refractivity contribution < 1.29 is 22.7 Å². The number of methoxy groups -OCH3 is 2. The summed E-state index contributed by atoms with van der Waals surface area (Å²) in [6, 6.07) is 14.3. The van der Waals surface area contributed by atoms with E-state index in [2.05, 4.69) is 10.4 Å². The highest BCUT2D eigenvalue weighted by Crippen LogP contribution is 2.35. The largest absolute Gasteiger partial charge is 0.497 e. The van der Waals surface area contributed by atoms with E-state index in [4.69, 9.17) is 9.47 Å². The van der Waals surface area contributed by atoms with Gasteiger partial charge in [-0.1, -0.05) is 18.2 Å². The maximum Gasteiger partial charge on any atom is 0.255 e. The highest BCUT2D eigenvalue weighted by molar-refractivity contribution is 7.91. The van der Waals surface area contributed by atoms with Gasteiger partial charge in [0.15, 0.2) is 9.84 Å². The minimum atomic E-state index is -3.12. The fourth-order valence-corrected chi connectivity index (χ4v) is 5.30. The summed E-state index contributed by atoms with van der Waals surface area (Å²) in [6.45, 7) is 0. The molecule has 2 heterocycles.